The fourth-order valence-corrected chi connectivity index (χ4v) is 4.07. The summed E-state index contributed by atoms with van der Waals surface area (Å²) >= 11 is 0. The number of aryl methyl sites for hydroxylation is 1. The quantitative estimate of drug-likeness (QED) is 0.366. The summed E-state index contributed by atoms with van der Waals surface area (Å²) in [4.78, 5) is 16.7. The highest BCUT2D eigenvalue weighted by atomic mass is 19.4. The van der Waals surface area contributed by atoms with Gasteiger partial charge in [0.1, 0.15) is 17.6 Å². The van der Waals surface area contributed by atoms with Crippen LogP contribution in [0.4, 0.5) is 24.5 Å². The molecule has 2 aromatic carbocycles. The summed E-state index contributed by atoms with van der Waals surface area (Å²) in [6.07, 6.45) is 4.11. The third-order valence-electron chi connectivity index (χ3n) is 5.85. The van der Waals surface area contributed by atoms with Crippen LogP contribution >= 0.6 is 0 Å². The van der Waals surface area contributed by atoms with E-state index in [2.05, 4.69) is 4.98 Å². The number of carbonyl (C=O) groups excluding carboxylic acids is 1. The Balaban J connectivity index is 1.88. The molecule has 170 valence electrons. The second-order valence-electron chi connectivity index (χ2n) is 7.70. The van der Waals surface area contributed by atoms with E-state index in [4.69, 9.17) is 4.74 Å². The minimum atomic E-state index is -4.56. The van der Waals surface area contributed by atoms with Crippen molar-refractivity contribution in [1.82, 2.24) is 9.47 Å². The fraction of sp³-hybridized carbons (Fsp3) is 0.160. The van der Waals surface area contributed by atoms with E-state index in [0.717, 1.165) is 29.4 Å². The molecule has 1 unspecified atom stereocenters. The number of benzene rings is 2. The van der Waals surface area contributed by atoms with Crippen molar-refractivity contribution in [2.75, 3.05) is 7.11 Å². The van der Waals surface area contributed by atoms with E-state index < -0.39 is 17.5 Å². The topological polar surface area (TPSA) is 62.3 Å². The summed E-state index contributed by atoms with van der Waals surface area (Å²) in [5.74, 6) is -0.632. The summed E-state index contributed by atoms with van der Waals surface area (Å²) in [7, 11) is 1.23. The molecule has 0 saturated heterocycles. The Morgan fingerprint density at radius 1 is 1.12 bits per heavy atom. The number of aliphatic hydroxyl groups is 1. The zero-order valence-corrected chi connectivity index (χ0v) is 18.0. The van der Waals surface area contributed by atoms with Crippen molar-refractivity contribution in [3.8, 4) is 5.75 Å². The minimum Gasteiger partial charge on any atom is -0.496 e. The Hall–Kier alpha value is -3.62. The van der Waals surface area contributed by atoms with Crippen molar-refractivity contribution in [2.45, 2.75) is 19.7 Å². The Morgan fingerprint density at radius 3 is 2.55 bits per heavy atom. The monoisotopic (exact) mass is 455 g/mol. The number of Topliss-reactive ketones (excluding diaryl/α,β-unsaturated/α-hetero) is 1. The molecule has 8 heteroatoms. The number of aromatic amines is 1. The lowest BCUT2D eigenvalue weighted by Gasteiger charge is -2.32. The van der Waals surface area contributed by atoms with Crippen LogP contribution in [-0.2, 0) is 12.8 Å². The highest BCUT2D eigenvalue weighted by molar-refractivity contribution is 6.13. The van der Waals surface area contributed by atoms with Crippen LogP contribution < -0.4 is 9.22 Å². The predicted molar refractivity (Wildman–Crippen MR) is 119 cm³/mol. The molecular formula is C25H22F3N2O3+. The van der Waals surface area contributed by atoms with Gasteiger partial charge in [-0.1, -0.05) is 6.07 Å². The summed E-state index contributed by atoms with van der Waals surface area (Å²) in [5.41, 5.74) is 2.46. The molecule has 0 bridgehead atoms. The third kappa shape index (κ3) is 3.77. The predicted octanol–water partition coefficient (Wildman–Crippen LogP) is 5.78. The maximum absolute atomic E-state index is 13.7. The maximum atomic E-state index is 13.7. The highest BCUT2D eigenvalue weighted by Crippen LogP contribution is 2.45. The SMILES string of the molecule is COc1cc(C(F)(F)F)ccc1C(=O)C1=CC=C[N+]1(c1cc[nH]c1)c1ccc(C)c(CO)c1. The maximum Gasteiger partial charge on any atom is 0.416 e. The number of ether oxygens (including phenoxy) is 1. The largest absolute Gasteiger partial charge is 0.496 e. The van der Waals surface area contributed by atoms with Crippen molar-refractivity contribution in [1.29, 1.82) is 0 Å². The molecule has 0 radical (unpaired) electrons. The number of aromatic nitrogens is 1. The van der Waals surface area contributed by atoms with Crippen LogP contribution in [-0.4, -0.2) is 23.0 Å². The first-order valence-corrected chi connectivity index (χ1v) is 10.2. The van der Waals surface area contributed by atoms with E-state index in [0.29, 0.717) is 16.9 Å². The van der Waals surface area contributed by atoms with Gasteiger partial charge in [0.2, 0.25) is 0 Å². The first-order valence-electron chi connectivity index (χ1n) is 10.2. The Kier molecular flexibility index (Phi) is 5.73. The lowest BCUT2D eigenvalue weighted by Crippen LogP contribution is -2.39. The van der Waals surface area contributed by atoms with Gasteiger partial charge >= 0.3 is 6.18 Å². The third-order valence-corrected chi connectivity index (χ3v) is 5.85. The van der Waals surface area contributed by atoms with E-state index in [1.54, 1.807) is 24.5 Å². The van der Waals surface area contributed by atoms with Gasteiger partial charge < -0.3 is 14.8 Å². The van der Waals surface area contributed by atoms with Gasteiger partial charge in [-0.3, -0.25) is 4.79 Å². The molecule has 3 aromatic rings. The number of ketones is 1. The average molecular weight is 455 g/mol. The van der Waals surface area contributed by atoms with Gasteiger partial charge in [-0.05, 0) is 42.3 Å². The smallest absolute Gasteiger partial charge is 0.416 e. The van der Waals surface area contributed by atoms with E-state index >= 15 is 0 Å². The fourth-order valence-electron chi connectivity index (χ4n) is 4.07. The standard InChI is InChI=1S/C25H22F3N2O3/c1-16-5-7-19(12-17(16)15-31)30(20-9-10-29-14-20)11-3-4-22(30)24(32)21-8-6-18(25(26,27)28)13-23(21)33-2/h3-14,29,31H,15H2,1-2H3/q+1. The van der Waals surface area contributed by atoms with Crippen molar-refractivity contribution < 1.29 is 27.8 Å². The second-order valence-corrected chi connectivity index (χ2v) is 7.70. The van der Waals surface area contributed by atoms with Gasteiger partial charge in [0.15, 0.2) is 11.4 Å². The second kappa shape index (κ2) is 8.38. The van der Waals surface area contributed by atoms with Crippen molar-refractivity contribution in [3.05, 3.63) is 101 Å². The first kappa shape index (κ1) is 22.6. The molecule has 33 heavy (non-hydrogen) atoms. The Bertz CT molecular complexity index is 1260. The van der Waals surface area contributed by atoms with Crippen LogP contribution in [0.2, 0.25) is 0 Å². The van der Waals surface area contributed by atoms with Gasteiger partial charge in [-0.25, -0.2) is 0 Å². The molecular weight excluding hydrogens is 433 g/mol. The summed E-state index contributed by atoms with van der Waals surface area (Å²) < 4.78 is 44.6. The lowest BCUT2D eigenvalue weighted by molar-refractivity contribution is -0.137. The van der Waals surface area contributed by atoms with E-state index in [1.807, 2.05) is 37.4 Å². The molecule has 0 fully saturated rings. The normalized spacial score (nSPS) is 17.8. The number of hydrogen-bond donors (Lipinski definition) is 2. The summed E-state index contributed by atoms with van der Waals surface area (Å²) in [5, 5.41) is 9.79. The molecule has 1 aromatic heterocycles. The average Bonchev–Trinajstić information content (AvgIpc) is 3.48. The molecule has 0 spiro atoms. The number of halogens is 3. The number of alkyl halides is 3. The number of hydrogen-bond acceptors (Lipinski definition) is 3. The molecule has 1 aliphatic rings. The Morgan fingerprint density at radius 2 is 1.91 bits per heavy atom. The molecule has 4 rings (SSSR count). The van der Waals surface area contributed by atoms with Gasteiger partial charge in [-0.2, -0.15) is 17.7 Å². The number of rotatable bonds is 6. The molecule has 0 amide bonds. The van der Waals surface area contributed by atoms with Crippen LogP contribution in [0.25, 0.3) is 0 Å². The number of quaternary nitrogens is 1. The zero-order valence-electron chi connectivity index (χ0n) is 18.0. The number of nitrogens with zero attached hydrogens (tertiary/aromatic N) is 1. The number of H-pyrrole nitrogens is 1. The van der Waals surface area contributed by atoms with Crippen LogP contribution in [0.3, 0.4) is 0 Å². The zero-order chi connectivity index (χ0) is 23.8. The number of aliphatic hydroxyl groups excluding tert-OH is 1. The lowest BCUT2D eigenvalue weighted by atomic mass is 10.0. The van der Waals surface area contributed by atoms with Gasteiger partial charge in [0.05, 0.1) is 31.0 Å². The van der Waals surface area contributed by atoms with E-state index in [-0.39, 0.29) is 22.4 Å². The molecule has 2 N–H and O–H groups in total. The summed E-state index contributed by atoms with van der Waals surface area (Å²) in [6.45, 7) is 1.71. The van der Waals surface area contributed by atoms with Crippen molar-refractivity contribution >= 4 is 17.2 Å². The first-order chi connectivity index (χ1) is 15.7. The van der Waals surface area contributed by atoms with Crippen molar-refractivity contribution in [3.63, 3.8) is 0 Å². The molecule has 1 atom stereocenters. The van der Waals surface area contributed by atoms with Gasteiger partial charge in [-0.15, -0.1) is 0 Å². The molecule has 0 saturated carbocycles. The summed E-state index contributed by atoms with van der Waals surface area (Å²) in [6, 6.07) is 10.2. The van der Waals surface area contributed by atoms with Gasteiger partial charge in [0.25, 0.3) is 5.78 Å². The molecule has 0 aliphatic carbocycles. The highest BCUT2D eigenvalue weighted by Gasteiger charge is 2.44. The number of methoxy groups -OCH3 is 1. The number of allylic oxidation sites excluding steroid dienone is 3. The number of nitrogens with one attached hydrogen (secondary N) is 1. The van der Waals surface area contributed by atoms with Crippen LogP contribution in [0.15, 0.2) is 78.9 Å². The van der Waals surface area contributed by atoms with Gasteiger partial charge in [0, 0.05) is 30.5 Å². The molecule has 5 nitrogen and oxygen atoms in total. The Labute approximate surface area is 188 Å². The van der Waals surface area contributed by atoms with Crippen LogP contribution in [0.1, 0.15) is 27.0 Å². The minimum absolute atomic E-state index is 0.0213. The van der Waals surface area contributed by atoms with E-state index in [1.165, 1.54) is 7.11 Å². The number of carbonyl (C=O) groups is 1. The van der Waals surface area contributed by atoms with Crippen LogP contribution in [0.5, 0.6) is 5.75 Å². The van der Waals surface area contributed by atoms with Crippen LogP contribution in [0, 0.1) is 6.92 Å². The molecule has 2 heterocycles. The van der Waals surface area contributed by atoms with Crippen molar-refractivity contribution in [2.24, 2.45) is 0 Å². The molecule has 1 aliphatic heterocycles. The van der Waals surface area contributed by atoms with E-state index in [9.17, 15) is 23.1 Å².